The molecule has 138 valence electrons. The Hall–Kier alpha value is -2.04. The van der Waals surface area contributed by atoms with E-state index in [4.69, 9.17) is 14.2 Å². The van der Waals surface area contributed by atoms with E-state index in [9.17, 15) is 0 Å². The Bertz CT molecular complexity index is 780. The Balaban J connectivity index is 1.66. The molecule has 0 saturated carbocycles. The van der Waals surface area contributed by atoms with Crippen LogP contribution in [0.4, 0.5) is 0 Å². The molecular formula is C22H27NO3. The standard InChI is InChI=1S/C22H27NO3/c1-15(2)20-12-21(26-14-18-13-24-10-11-25-18)23-9-8-17-6-4-5-7-19(17)22(23)16(20)3/h4-7,12,18H,8-11,13-14H2,1-3H3/t18-/m0/s1. The van der Waals surface area contributed by atoms with Gasteiger partial charge in [0.05, 0.1) is 25.5 Å². The van der Waals surface area contributed by atoms with Crippen molar-refractivity contribution >= 4 is 5.70 Å². The lowest BCUT2D eigenvalue weighted by atomic mass is 9.88. The highest BCUT2D eigenvalue weighted by Gasteiger charge is 2.31. The Morgan fingerprint density at radius 2 is 2.08 bits per heavy atom. The molecule has 3 aliphatic heterocycles. The second-order valence-electron chi connectivity index (χ2n) is 7.31. The first-order chi connectivity index (χ1) is 12.6. The van der Waals surface area contributed by atoms with Gasteiger partial charge in [0.15, 0.2) is 5.88 Å². The molecule has 0 N–H and O–H groups in total. The molecule has 26 heavy (non-hydrogen) atoms. The molecule has 1 saturated heterocycles. The summed E-state index contributed by atoms with van der Waals surface area (Å²) in [6, 6.07) is 8.71. The van der Waals surface area contributed by atoms with Crippen molar-refractivity contribution in [2.45, 2.75) is 33.3 Å². The Labute approximate surface area is 155 Å². The summed E-state index contributed by atoms with van der Waals surface area (Å²) in [5.41, 5.74) is 7.90. The fourth-order valence-electron chi connectivity index (χ4n) is 3.97. The maximum Gasteiger partial charge on any atom is 0.194 e. The highest BCUT2D eigenvalue weighted by Crippen LogP contribution is 2.40. The van der Waals surface area contributed by atoms with E-state index >= 15 is 0 Å². The van der Waals surface area contributed by atoms with E-state index < -0.39 is 0 Å². The fraction of sp³-hybridized carbons (Fsp3) is 0.455. The van der Waals surface area contributed by atoms with Gasteiger partial charge in [0.25, 0.3) is 0 Å². The molecule has 3 heterocycles. The van der Waals surface area contributed by atoms with Gasteiger partial charge in [-0.1, -0.05) is 29.8 Å². The van der Waals surface area contributed by atoms with Crippen molar-refractivity contribution in [3.8, 4) is 0 Å². The van der Waals surface area contributed by atoms with Crippen molar-refractivity contribution in [2.75, 3.05) is 33.0 Å². The molecule has 3 aliphatic rings. The predicted octanol–water partition coefficient (Wildman–Crippen LogP) is 3.90. The molecular weight excluding hydrogens is 326 g/mol. The summed E-state index contributed by atoms with van der Waals surface area (Å²) in [5.74, 6) is 0.922. The van der Waals surface area contributed by atoms with Gasteiger partial charge < -0.3 is 19.1 Å². The maximum atomic E-state index is 6.25. The van der Waals surface area contributed by atoms with Crippen LogP contribution in [0.5, 0.6) is 0 Å². The maximum absolute atomic E-state index is 6.25. The average molecular weight is 353 g/mol. The normalized spacial score (nSPS) is 22.6. The minimum atomic E-state index is 0.00679. The van der Waals surface area contributed by atoms with Gasteiger partial charge in [0.2, 0.25) is 0 Å². The first kappa shape index (κ1) is 17.4. The van der Waals surface area contributed by atoms with Crippen molar-refractivity contribution < 1.29 is 14.2 Å². The number of benzene rings is 1. The summed E-state index contributed by atoms with van der Waals surface area (Å²) in [4.78, 5) is 2.33. The van der Waals surface area contributed by atoms with Crippen molar-refractivity contribution in [3.05, 3.63) is 64.1 Å². The van der Waals surface area contributed by atoms with Crippen molar-refractivity contribution in [2.24, 2.45) is 0 Å². The second kappa shape index (κ2) is 7.29. The van der Waals surface area contributed by atoms with Gasteiger partial charge in [-0.25, -0.2) is 0 Å². The third kappa shape index (κ3) is 3.19. The highest BCUT2D eigenvalue weighted by molar-refractivity contribution is 5.78. The highest BCUT2D eigenvalue weighted by atomic mass is 16.6. The summed E-state index contributed by atoms with van der Waals surface area (Å²) in [7, 11) is 0. The monoisotopic (exact) mass is 353 g/mol. The average Bonchev–Trinajstić information content (AvgIpc) is 2.67. The molecule has 1 fully saturated rings. The number of allylic oxidation sites excluding steroid dienone is 4. The number of rotatable bonds is 3. The van der Waals surface area contributed by atoms with Crippen LogP contribution < -0.4 is 0 Å². The number of hydrogen-bond acceptors (Lipinski definition) is 4. The lowest BCUT2D eigenvalue weighted by Gasteiger charge is -2.39. The van der Waals surface area contributed by atoms with Gasteiger partial charge >= 0.3 is 0 Å². The molecule has 4 heteroatoms. The minimum absolute atomic E-state index is 0.00679. The molecule has 4 nitrogen and oxygen atoms in total. The second-order valence-corrected chi connectivity index (χ2v) is 7.31. The Kier molecular flexibility index (Phi) is 4.88. The third-order valence-electron chi connectivity index (χ3n) is 5.28. The zero-order chi connectivity index (χ0) is 18.1. The lowest BCUT2D eigenvalue weighted by Crippen LogP contribution is -2.36. The van der Waals surface area contributed by atoms with Gasteiger partial charge in [-0.05, 0) is 43.9 Å². The van der Waals surface area contributed by atoms with Crippen molar-refractivity contribution in [3.63, 3.8) is 0 Å². The molecule has 0 aliphatic carbocycles. The van der Waals surface area contributed by atoms with E-state index in [1.54, 1.807) is 0 Å². The smallest absolute Gasteiger partial charge is 0.194 e. The van der Waals surface area contributed by atoms with Gasteiger partial charge in [-0.15, -0.1) is 0 Å². The van der Waals surface area contributed by atoms with Crippen molar-refractivity contribution in [1.29, 1.82) is 0 Å². The van der Waals surface area contributed by atoms with Crippen LogP contribution in [0.25, 0.3) is 5.70 Å². The molecule has 0 amide bonds. The first-order valence-corrected chi connectivity index (χ1v) is 9.43. The third-order valence-corrected chi connectivity index (χ3v) is 5.28. The van der Waals surface area contributed by atoms with E-state index in [0.29, 0.717) is 26.4 Å². The molecule has 4 rings (SSSR count). The first-order valence-electron chi connectivity index (χ1n) is 9.43. The lowest BCUT2D eigenvalue weighted by molar-refractivity contribution is -0.111. The number of hydrogen-bond donors (Lipinski definition) is 0. The molecule has 0 aromatic heterocycles. The molecule has 1 aromatic carbocycles. The molecule has 0 bridgehead atoms. The van der Waals surface area contributed by atoms with Crippen LogP contribution in [0.3, 0.4) is 0 Å². The van der Waals surface area contributed by atoms with Crippen LogP contribution >= 0.6 is 0 Å². The summed E-state index contributed by atoms with van der Waals surface area (Å²) in [6.45, 7) is 9.93. The van der Waals surface area contributed by atoms with Crippen LogP contribution in [-0.4, -0.2) is 44.0 Å². The molecule has 1 atom stereocenters. The zero-order valence-corrected chi connectivity index (χ0v) is 15.9. The van der Waals surface area contributed by atoms with Gasteiger partial charge in [-0.3, -0.25) is 0 Å². The summed E-state index contributed by atoms with van der Waals surface area (Å²) < 4.78 is 17.5. The van der Waals surface area contributed by atoms with E-state index in [-0.39, 0.29) is 6.10 Å². The number of nitrogens with zero attached hydrogens (tertiary/aromatic N) is 1. The van der Waals surface area contributed by atoms with Crippen LogP contribution in [0, 0.1) is 0 Å². The zero-order valence-electron chi connectivity index (χ0n) is 15.9. The number of fused-ring (bicyclic) bond motifs is 3. The number of ether oxygens (including phenoxy) is 3. The summed E-state index contributed by atoms with van der Waals surface area (Å²) >= 11 is 0. The van der Waals surface area contributed by atoms with Crippen LogP contribution in [0.2, 0.25) is 0 Å². The minimum Gasteiger partial charge on any atom is -0.476 e. The predicted molar refractivity (Wildman–Crippen MR) is 102 cm³/mol. The molecule has 0 unspecified atom stereocenters. The molecule has 0 spiro atoms. The summed E-state index contributed by atoms with van der Waals surface area (Å²) in [5, 5.41) is 0. The van der Waals surface area contributed by atoms with E-state index in [1.165, 1.54) is 33.5 Å². The van der Waals surface area contributed by atoms with Crippen LogP contribution in [0.15, 0.2) is 52.9 Å². The topological polar surface area (TPSA) is 30.9 Å². The summed E-state index contributed by atoms with van der Waals surface area (Å²) in [6.07, 6.45) is 3.22. The van der Waals surface area contributed by atoms with E-state index in [1.807, 2.05) is 0 Å². The fourth-order valence-corrected chi connectivity index (χ4v) is 3.97. The Morgan fingerprint density at radius 3 is 2.85 bits per heavy atom. The molecule has 1 aromatic rings. The van der Waals surface area contributed by atoms with Gasteiger partial charge in [0.1, 0.15) is 12.7 Å². The SMILES string of the molecule is CC(C)=C1C=C(OC[C@@H]2COCCO2)N2CCc3ccccc3C2=C1C. The Morgan fingerprint density at radius 1 is 1.23 bits per heavy atom. The largest absolute Gasteiger partial charge is 0.476 e. The van der Waals surface area contributed by atoms with Crippen LogP contribution in [0.1, 0.15) is 31.9 Å². The molecule has 0 radical (unpaired) electrons. The van der Waals surface area contributed by atoms with E-state index in [2.05, 4.69) is 56.0 Å². The van der Waals surface area contributed by atoms with Crippen molar-refractivity contribution in [1.82, 2.24) is 4.90 Å². The van der Waals surface area contributed by atoms with Gasteiger partial charge in [-0.2, -0.15) is 0 Å². The van der Waals surface area contributed by atoms with Gasteiger partial charge in [0, 0.05) is 18.2 Å². The van der Waals surface area contributed by atoms with Crippen LogP contribution in [-0.2, 0) is 20.6 Å². The van der Waals surface area contributed by atoms with E-state index in [0.717, 1.165) is 18.8 Å². The quantitative estimate of drug-likeness (QED) is 0.825.